The van der Waals surface area contributed by atoms with Gasteiger partial charge in [-0.2, -0.15) is 0 Å². The SMILES string of the molecule is Cc1ccc2oc(C(=O)O[C@@H](C)C(=O)N[C@@H]3CCC[C@H](C)[C@@H]3C)cc(=O)c2c1. The van der Waals surface area contributed by atoms with E-state index in [2.05, 4.69) is 19.2 Å². The van der Waals surface area contributed by atoms with Crippen molar-refractivity contribution in [2.24, 2.45) is 11.8 Å². The van der Waals surface area contributed by atoms with Gasteiger partial charge >= 0.3 is 5.97 Å². The van der Waals surface area contributed by atoms with Crippen LogP contribution in [0.1, 0.15) is 56.2 Å². The molecular formula is C22H27NO5. The number of benzene rings is 1. The summed E-state index contributed by atoms with van der Waals surface area (Å²) in [4.78, 5) is 37.1. The van der Waals surface area contributed by atoms with Crippen LogP contribution in [0.4, 0.5) is 0 Å². The zero-order valence-electron chi connectivity index (χ0n) is 16.8. The third-order valence-electron chi connectivity index (χ3n) is 5.77. The molecule has 1 aromatic carbocycles. The molecule has 6 heteroatoms. The average Bonchev–Trinajstić information content (AvgIpc) is 2.65. The van der Waals surface area contributed by atoms with Crippen LogP contribution in [0.3, 0.4) is 0 Å². The minimum atomic E-state index is -0.976. The maximum atomic E-state index is 12.5. The Bertz CT molecular complexity index is 948. The highest BCUT2D eigenvalue weighted by molar-refractivity contribution is 5.91. The van der Waals surface area contributed by atoms with Gasteiger partial charge in [0, 0.05) is 12.1 Å². The maximum absolute atomic E-state index is 12.5. The van der Waals surface area contributed by atoms with Gasteiger partial charge in [-0.25, -0.2) is 4.79 Å². The van der Waals surface area contributed by atoms with Gasteiger partial charge in [-0.3, -0.25) is 9.59 Å². The van der Waals surface area contributed by atoms with Crippen LogP contribution in [-0.4, -0.2) is 24.0 Å². The number of carbonyl (C=O) groups is 2. The van der Waals surface area contributed by atoms with Gasteiger partial charge in [-0.1, -0.05) is 38.3 Å². The first-order valence-electron chi connectivity index (χ1n) is 9.82. The molecule has 0 spiro atoms. The van der Waals surface area contributed by atoms with Crippen molar-refractivity contribution in [3.8, 4) is 0 Å². The molecule has 1 N–H and O–H groups in total. The number of hydrogen-bond acceptors (Lipinski definition) is 5. The molecule has 0 bridgehead atoms. The number of rotatable bonds is 4. The van der Waals surface area contributed by atoms with Gasteiger partial charge in [0.1, 0.15) is 5.58 Å². The summed E-state index contributed by atoms with van der Waals surface area (Å²) < 4.78 is 10.8. The maximum Gasteiger partial charge on any atom is 0.375 e. The molecule has 1 aromatic heterocycles. The van der Waals surface area contributed by atoms with E-state index >= 15 is 0 Å². The minimum absolute atomic E-state index is 0.0826. The summed E-state index contributed by atoms with van der Waals surface area (Å²) in [6.45, 7) is 7.72. The van der Waals surface area contributed by atoms with E-state index in [9.17, 15) is 14.4 Å². The van der Waals surface area contributed by atoms with Crippen LogP contribution in [0.25, 0.3) is 11.0 Å². The number of esters is 1. The smallest absolute Gasteiger partial charge is 0.375 e. The Balaban J connectivity index is 1.68. The Morgan fingerprint density at radius 3 is 2.71 bits per heavy atom. The van der Waals surface area contributed by atoms with Crippen molar-refractivity contribution in [2.45, 2.75) is 59.1 Å². The highest BCUT2D eigenvalue weighted by Gasteiger charge is 2.30. The fourth-order valence-electron chi connectivity index (χ4n) is 3.73. The third-order valence-corrected chi connectivity index (χ3v) is 5.77. The molecule has 1 aliphatic carbocycles. The number of amides is 1. The molecule has 1 fully saturated rings. The highest BCUT2D eigenvalue weighted by Crippen LogP contribution is 2.29. The lowest BCUT2D eigenvalue weighted by molar-refractivity contribution is -0.130. The van der Waals surface area contributed by atoms with Gasteiger partial charge in [0.05, 0.1) is 5.39 Å². The quantitative estimate of drug-likeness (QED) is 0.813. The molecule has 0 unspecified atom stereocenters. The number of nitrogens with one attached hydrogen (secondary N) is 1. The Hall–Kier alpha value is -2.63. The topological polar surface area (TPSA) is 85.6 Å². The van der Waals surface area contributed by atoms with Gasteiger partial charge in [-0.05, 0) is 44.2 Å². The molecule has 1 saturated carbocycles. The number of fused-ring (bicyclic) bond motifs is 1. The van der Waals surface area contributed by atoms with Gasteiger partial charge < -0.3 is 14.5 Å². The Morgan fingerprint density at radius 2 is 1.96 bits per heavy atom. The number of ether oxygens (including phenoxy) is 1. The average molecular weight is 385 g/mol. The normalized spacial score (nSPS) is 23.2. The molecule has 6 nitrogen and oxygen atoms in total. The molecule has 3 rings (SSSR count). The van der Waals surface area contributed by atoms with Crippen molar-refractivity contribution in [1.82, 2.24) is 5.32 Å². The van der Waals surface area contributed by atoms with Crippen LogP contribution in [0.15, 0.2) is 33.5 Å². The van der Waals surface area contributed by atoms with Gasteiger partial charge in [-0.15, -0.1) is 0 Å². The first-order chi connectivity index (χ1) is 13.3. The van der Waals surface area contributed by atoms with E-state index in [-0.39, 0.29) is 23.1 Å². The van der Waals surface area contributed by atoms with Crippen molar-refractivity contribution in [2.75, 3.05) is 0 Å². The lowest BCUT2D eigenvalue weighted by Crippen LogP contribution is -2.47. The van der Waals surface area contributed by atoms with E-state index in [1.807, 2.05) is 6.92 Å². The van der Waals surface area contributed by atoms with Crippen LogP contribution in [-0.2, 0) is 9.53 Å². The number of aryl methyl sites for hydroxylation is 1. The lowest BCUT2D eigenvalue weighted by Gasteiger charge is -2.35. The molecule has 0 saturated heterocycles. The van der Waals surface area contributed by atoms with Gasteiger partial charge in [0.15, 0.2) is 11.5 Å². The van der Waals surface area contributed by atoms with Crippen molar-refractivity contribution >= 4 is 22.8 Å². The number of hydrogen-bond donors (Lipinski definition) is 1. The van der Waals surface area contributed by atoms with Crippen LogP contribution >= 0.6 is 0 Å². The summed E-state index contributed by atoms with van der Waals surface area (Å²) in [6.07, 6.45) is 2.19. The fraction of sp³-hybridized carbons (Fsp3) is 0.500. The van der Waals surface area contributed by atoms with Crippen molar-refractivity contribution in [3.05, 3.63) is 45.8 Å². The van der Waals surface area contributed by atoms with Crippen LogP contribution in [0.5, 0.6) is 0 Å². The number of carbonyl (C=O) groups excluding carboxylic acids is 2. The second kappa shape index (κ2) is 8.17. The van der Waals surface area contributed by atoms with Crippen LogP contribution in [0.2, 0.25) is 0 Å². The second-order valence-electron chi connectivity index (χ2n) is 7.90. The van der Waals surface area contributed by atoms with E-state index < -0.39 is 12.1 Å². The van der Waals surface area contributed by atoms with E-state index in [1.165, 1.54) is 13.3 Å². The largest absolute Gasteiger partial charge is 0.449 e. The van der Waals surface area contributed by atoms with E-state index in [0.29, 0.717) is 22.8 Å². The predicted molar refractivity (Wildman–Crippen MR) is 106 cm³/mol. The van der Waals surface area contributed by atoms with Crippen molar-refractivity contribution < 1.29 is 18.7 Å². The van der Waals surface area contributed by atoms with Gasteiger partial charge in [0.2, 0.25) is 5.76 Å². The Morgan fingerprint density at radius 1 is 1.21 bits per heavy atom. The van der Waals surface area contributed by atoms with Crippen molar-refractivity contribution in [1.29, 1.82) is 0 Å². The summed E-state index contributed by atoms with van der Waals surface area (Å²) >= 11 is 0. The zero-order valence-corrected chi connectivity index (χ0v) is 16.8. The Labute approximate surface area is 164 Å². The highest BCUT2D eigenvalue weighted by atomic mass is 16.6. The molecule has 1 amide bonds. The molecule has 28 heavy (non-hydrogen) atoms. The molecule has 0 radical (unpaired) electrons. The first-order valence-corrected chi connectivity index (χ1v) is 9.82. The molecule has 1 aliphatic rings. The molecule has 4 atom stereocenters. The monoisotopic (exact) mass is 385 g/mol. The van der Waals surface area contributed by atoms with E-state index in [0.717, 1.165) is 24.5 Å². The standard InChI is InChI=1S/C22H27NO5/c1-12-8-9-19-16(10-12)18(24)11-20(28-19)22(26)27-15(4)21(25)23-17-7-5-6-13(2)14(17)3/h8-11,13-15,17H,5-7H2,1-4H3,(H,23,25)/t13-,14-,15-,17+/m0/s1. The van der Waals surface area contributed by atoms with E-state index in [4.69, 9.17) is 9.15 Å². The molecule has 150 valence electrons. The molecule has 2 aromatic rings. The van der Waals surface area contributed by atoms with E-state index in [1.54, 1.807) is 18.2 Å². The van der Waals surface area contributed by atoms with Crippen LogP contribution < -0.4 is 10.7 Å². The summed E-state index contributed by atoms with van der Waals surface area (Å²) in [7, 11) is 0. The predicted octanol–water partition coefficient (Wildman–Crippen LogP) is 3.59. The summed E-state index contributed by atoms with van der Waals surface area (Å²) in [5.41, 5.74) is 0.915. The third kappa shape index (κ3) is 4.26. The van der Waals surface area contributed by atoms with Gasteiger partial charge in [0.25, 0.3) is 5.91 Å². The van der Waals surface area contributed by atoms with Crippen LogP contribution in [0, 0.1) is 18.8 Å². The summed E-state index contributed by atoms with van der Waals surface area (Å²) in [5.74, 6) is -0.444. The Kier molecular flexibility index (Phi) is 5.87. The zero-order chi connectivity index (χ0) is 20.4. The first kappa shape index (κ1) is 20.1. The molecule has 1 heterocycles. The molecule has 0 aliphatic heterocycles. The summed E-state index contributed by atoms with van der Waals surface area (Å²) in [5, 5.41) is 3.40. The minimum Gasteiger partial charge on any atom is -0.449 e. The lowest BCUT2D eigenvalue weighted by atomic mass is 9.78. The van der Waals surface area contributed by atoms with Crippen molar-refractivity contribution in [3.63, 3.8) is 0 Å². The second-order valence-corrected chi connectivity index (χ2v) is 7.90. The summed E-state index contributed by atoms with van der Waals surface area (Å²) in [6, 6.07) is 6.34. The molecular weight excluding hydrogens is 358 g/mol. The fourth-order valence-corrected chi connectivity index (χ4v) is 3.73.